The molecule has 0 amide bonds. The van der Waals surface area contributed by atoms with Gasteiger partial charge < -0.3 is 5.11 Å². The van der Waals surface area contributed by atoms with Gasteiger partial charge in [-0.2, -0.15) is 0 Å². The summed E-state index contributed by atoms with van der Waals surface area (Å²) in [5, 5.41) is 8.04. The van der Waals surface area contributed by atoms with E-state index in [1.165, 1.54) is 0 Å². The zero-order chi connectivity index (χ0) is 12.4. The molecule has 0 saturated heterocycles. The van der Waals surface area contributed by atoms with Gasteiger partial charge in [-0.05, 0) is 12.0 Å². The van der Waals surface area contributed by atoms with Crippen LogP contribution in [-0.2, 0) is 4.79 Å². The summed E-state index contributed by atoms with van der Waals surface area (Å²) < 4.78 is 0.649. The summed E-state index contributed by atoms with van der Waals surface area (Å²) >= 11 is 8.85. The first-order valence-electron chi connectivity index (χ1n) is 5.08. The second-order valence-electron chi connectivity index (χ2n) is 3.17. The summed E-state index contributed by atoms with van der Waals surface area (Å²) in [6.07, 6.45) is 2.08. The van der Waals surface area contributed by atoms with E-state index in [0.29, 0.717) is 10.6 Å². The van der Waals surface area contributed by atoms with Crippen molar-refractivity contribution in [3.63, 3.8) is 0 Å². The molecule has 0 unspecified atom stereocenters. The molecule has 1 aromatic rings. The van der Waals surface area contributed by atoms with E-state index >= 15 is 0 Å². The quantitative estimate of drug-likeness (QED) is 0.639. The molecule has 88 valence electrons. The Kier molecular flexibility index (Phi) is 8.85. The fourth-order valence-corrected chi connectivity index (χ4v) is 1.19. The van der Waals surface area contributed by atoms with E-state index in [0.717, 1.165) is 18.4 Å². The molecule has 4 heteroatoms. The summed E-state index contributed by atoms with van der Waals surface area (Å²) in [4.78, 5) is 9.76. The van der Waals surface area contributed by atoms with E-state index in [1.807, 2.05) is 37.3 Å². The first-order valence-corrected chi connectivity index (χ1v) is 5.93. The average Bonchev–Trinajstić information content (AvgIpc) is 2.28. The largest absolute Gasteiger partial charge is 0.481 e. The fourth-order valence-electron chi connectivity index (χ4n) is 0.909. The summed E-state index contributed by atoms with van der Waals surface area (Å²) in [5.41, 5.74) is 1.01. The van der Waals surface area contributed by atoms with Gasteiger partial charge in [-0.25, -0.2) is 0 Å². The van der Waals surface area contributed by atoms with Crippen molar-refractivity contribution in [1.82, 2.24) is 0 Å². The minimum absolute atomic E-state index is 0.316. The molecule has 1 N–H and O–H groups in total. The number of carbonyl (C=O) groups is 1. The Morgan fingerprint density at radius 2 is 1.94 bits per heavy atom. The molecule has 2 nitrogen and oxygen atoms in total. The number of carboxylic acids is 1. The van der Waals surface area contributed by atoms with Crippen molar-refractivity contribution in [2.45, 2.75) is 26.2 Å². The number of carboxylic acid groups (broad SMARTS) is 1. The van der Waals surface area contributed by atoms with Crippen molar-refractivity contribution in [3.8, 4) is 0 Å². The van der Waals surface area contributed by atoms with E-state index in [9.17, 15) is 4.79 Å². The van der Waals surface area contributed by atoms with Crippen LogP contribution in [0, 0.1) is 0 Å². The molecule has 0 aliphatic carbocycles. The molecule has 0 fully saturated rings. The zero-order valence-corrected chi connectivity index (χ0v) is 10.9. The SMILES string of the molecule is CCCCC(=O)O.S=C(S)c1ccccc1. The highest BCUT2D eigenvalue weighted by molar-refractivity contribution is 8.11. The predicted molar refractivity (Wildman–Crippen MR) is 74.3 cm³/mol. The van der Waals surface area contributed by atoms with Crippen LogP contribution in [0.25, 0.3) is 0 Å². The number of aliphatic carboxylic acids is 1. The van der Waals surface area contributed by atoms with Crippen LogP contribution in [-0.4, -0.2) is 15.3 Å². The van der Waals surface area contributed by atoms with Gasteiger partial charge >= 0.3 is 5.97 Å². The van der Waals surface area contributed by atoms with Gasteiger partial charge in [0.15, 0.2) is 0 Å². The van der Waals surface area contributed by atoms with Gasteiger partial charge in [0.25, 0.3) is 0 Å². The van der Waals surface area contributed by atoms with Crippen LogP contribution < -0.4 is 0 Å². The Labute approximate surface area is 107 Å². The maximum Gasteiger partial charge on any atom is 0.303 e. The van der Waals surface area contributed by atoms with Crippen LogP contribution in [0.4, 0.5) is 0 Å². The highest BCUT2D eigenvalue weighted by Crippen LogP contribution is 2.02. The molecule has 0 saturated carbocycles. The fraction of sp³-hybridized carbons (Fsp3) is 0.333. The van der Waals surface area contributed by atoms with E-state index in [1.54, 1.807) is 0 Å². The van der Waals surface area contributed by atoms with Crippen molar-refractivity contribution in [2.75, 3.05) is 0 Å². The third-order valence-corrected chi connectivity index (χ3v) is 2.26. The Morgan fingerprint density at radius 1 is 1.38 bits per heavy atom. The Bertz CT molecular complexity index is 323. The van der Waals surface area contributed by atoms with Crippen molar-refractivity contribution in [2.24, 2.45) is 0 Å². The lowest BCUT2D eigenvalue weighted by atomic mass is 10.2. The standard InChI is InChI=1S/C7H6S2.C5H10O2/c8-7(9)6-4-2-1-3-5-6;1-2-3-4-5(6)7/h1-5H,(H,8,9);2-4H2,1H3,(H,6,7). The molecule has 0 aliphatic rings. The maximum absolute atomic E-state index is 9.76. The first-order chi connectivity index (χ1) is 7.57. The van der Waals surface area contributed by atoms with Gasteiger partial charge in [-0.15, -0.1) is 12.6 Å². The van der Waals surface area contributed by atoms with E-state index in [4.69, 9.17) is 17.3 Å². The third-order valence-electron chi connectivity index (χ3n) is 1.76. The molecule has 0 aliphatic heterocycles. The zero-order valence-electron chi connectivity index (χ0n) is 9.22. The number of unbranched alkanes of at least 4 members (excludes halogenated alkanes) is 1. The minimum Gasteiger partial charge on any atom is -0.481 e. The molecule has 1 rings (SSSR count). The summed E-state index contributed by atoms with van der Waals surface area (Å²) in [6, 6.07) is 9.72. The third kappa shape index (κ3) is 8.44. The lowest BCUT2D eigenvalue weighted by molar-refractivity contribution is -0.137. The summed E-state index contributed by atoms with van der Waals surface area (Å²) in [6.45, 7) is 1.98. The number of thiol groups is 1. The van der Waals surface area contributed by atoms with Gasteiger partial charge in [0.1, 0.15) is 0 Å². The van der Waals surface area contributed by atoms with Crippen molar-refractivity contribution in [1.29, 1.82) is 0 Å². The van der Waals surface area contributed by atoms with Crippen molar-refractivity contribution < 1.29 is 9.90 Å². The van der Waals surface area contributed by atoms with E-state index in [2.05, 4.69) is 12.6 Å². The van der Waals surface area contributed by atoms with Gasteiger partial charge in [-0.1, -0.05) is 55.9 Å². The second kappa shape index (κ2) is 9.36. The van der Waals surface area contributed by atoms with Crippen LogP contribution in [0.3, 0.4) is 0 Å². The second-order valence-corrected chi connectivity index (χ2v) is 4.33. The van der Waals surface area contributed by atoms with Crippen LogP contribution in [0.1, 0.15) is 31.7 Å². The van der Waals surface area contributed by atoms with Gasteiger partial charge in [-0.3, -0.25) is 4.79 Å². The van der Waals surface area contributed by atoms with Gasteiger partial charge in [0.2, 0.25) is 0 Å². The Morgan fingerprint density at radius 3 is 2.19 bits per heavy atom. The first kappa shape index (κ1) is 15.1. The van der Waals surface area contributed by atoms with Crippen LogP contribution in [0.5, 0.6) is 0 Å². The summed E-state index contributed by atoms with van der Waals surface area (Å²) in [5.74, 6) is -0.693. The maximum atomic E-state index is 9.76. The average molecular weight is 256 g/mol. The molecular weight excluding hydrogens is 240 g/mol. The van der Waals surface area contributed by atoms with Crippen molar-refractivity contribution in [3.05, 3.63) is 35.9 Å². The molecule has 0 spiro atoms. The van der Waals surface area contributed by atoms with E-state index < -0.39 is 5.97 Å². The topological polar surface area (TPSA) is 37.3 Å². The van der Waals surface area contributed by atoms with E-state index in [-0.39, 0.29) is 0 Å². The lowest BCUT2D eigenvalue weighted by Gasteiger charge is -1.91. The van der Waals surface area contributed by atoms with Crippen molar-refractivity contribution >= 4 is 35.0 Å². The minimum atomic E-state index is -0.693. The molecule has 0 aromatic heterocycles. The number of thiocarbonyl (C=S) groups is 1. The molecular formula is C12H16O2S2. The predicted octanol–water partition coefficient (Wildman–Crippen LogP) is 3.55. The number of hydrogen-bond acceptors (Lipinski definition) is 2. The number of hydrogen-bond donors (Lipinski definition) is 2. The molecule has 0 bridgehead atoms. The number of benzene rings is 1. The monoisotopic (exact) mass is 256 g/mol. The normalized spacial score (nSPS) is 8.88. The molecule has 0 atom stereocenters. The Hall–Kier alpha value is -0.870. The van der Waals surface area contributed by atoms with Crippen LogP contribution >= 0.6 is 24.8 Å². The lowest BCUT2D eigenvalue weighted by Crippen LogP contribution is -1.91. The van der Waals surface area contributed by atoms with Crippen LogP contribution in [0.2, 0.25) is 0 Å². The molecule has 16 heavy (non-hydrogen) atoms. The highest BCUT2D eigenvalue weighted by Gasteiger charge is 1.91. The molecule has 0 heterocycles. The summed E-state index contributed by atoms with van der Waals surface area (Å²) in [7, 11) is 0. The van der Waals surface area contributed by atoms with Gasteiger partial charge in [0, 0.05) is 6.42 Å². The smallest absolute Gasteiger partial charge is 0.303 e. The highest BCUT2D eigenvalue weighted by atomic mass is 32.1. The molecule has 1 aromatic carbocycles. The van der Waals surface area contributed by atoms with Gasteiger partial charge in [0.05, 0.1) is 4.20 Å². The Balaban J connectivity index is 0.000000293. The number of rotatable bonds is 4. The van der Waals surface area contributed by atoms with Crippen LogP contribution in [0.15, 0.2) is 30.3 Å². The molecule has 0 radical (unpaired) electrons.